The van der Waals surface area contributed by atoms with E-state index in [-0.39, 0.29) is 5.91 Å². The van der Waals surface area contributed by atoms with Crippen LogP contribution in [0.5, 0.6) is 0 Å². The molecule has 4 rings (SSSR count). The monoisotopic (exact) mass is 548 g/mol. The van der Waals surface area contributed by atoms with Crippen LogP contribution in [0, 0.1) is 0 Å². The maximum Gasteiger partial charge on any atom is 0.251 e. The number of hydrogen-bond acceptors (Lipinski definition) is 10. The first-order valence-electron chi connectivity index (χ1n) is 14.0. The minimum absolute atomic E-state index is 0.160. The Hall–Kier alpha value is -3.80. The highest BCUT2D eigenvalue weighted by atomic mass is 16.5. The normalized spacial score (nSPS) is 13.2. The highest BCUT2D eigenvalue weighted by molar-refractivity contribution is 5.94. The van der Waals surface area contributed by atoms with Gasteiger partial charge in [0.25, 0.3) is 5.91 Å². The van der Waals surface area contributed by atoms with E-state index in [1.165, 1.54) is 12.0 Å². The minimum Gasteiger partial charge on any atom is -0.378 e. The Bertz CT molecular complexity index is 1160. The van der Waals surface area contributed by atoms with Gasteiger partial charge in [-0.1, -0.05) is 30.3 Å². The van der Waals surface area contributed by atoms with E-state index in [0.29, 0.717) is 69.5 Å². The molecular formula is C29H40N8O3. The summed E-state index contributed by atoms with van der Waals surface area (Å²) in [5.41, 5.74) is 7.96. The van der Waals surface area contributed by atoms with Crippen LogP contribution in [0.15, 0.2) is 54.6 Å². The van der Waals surface area contributed by atoms with Gasteiger partial charge in [-0.05, 0) is 55.5 Å². The van der Waals surface area contributed by atoms with Crippen molar-refractivity contribution in [1.82, 2.24) is 20.3 Å². The number of aromatic nitrogens is 3. The molecule has 0 aliphatic carbocycles. The number of benzene rings is 2. The summed E-state index contributed by atoms with van der Waals surface area (Å²) < 4.78 is 10.7. The molecule has 1 aromatic heterocycles. The number of rotatable bonds is 16. The number of nitrogens with zero attached hydrogens (tertiary/aromatic N) is 4. The van der Waals surface area contributed by atoms with Crippen molar-refractivity contribution in [2.45, 2.75) is 25.7 Å². The summed E-state index contributed by atoms with van der Waals surface area (Å²) in [6, 6.07) is 17.5. The largest absolute Gasteiger partial charge is 0.378 e. The summed E-state index contributed by atoms with van der Waals surface area (Å²) in [5.74, 6) is 1.51. The lowest BCUT2D eigenvalue weighted by molar-refractivity contribution is 0.0511. The SMILES string of the molecule is NCCOCCOCCNC(=O)c1ccc(Nc2nc(NCCc3ccccc3)nc(N3CCCCC3)n2)cc1. The van der Waals surface area contributed by atoms with Gasteiger partial charge in [0.15, 0.2) is 0 Å². The second-order valence-electron chi connectivity index (χ2n) is 9.46. The molecule has 0 radical (unpaired) electrons. The Morgan fingerprint density at radius 3 is 2.30 bits per heavy atom. The minimum atomic E-state index is -0.160. The van der Waals surface area contributed by atoms with Gasteiger partial charge in [0, 0.05) is 44.0 Å². The maximum absolute atomic E-state index is 12.5. The van der Waals surface area contributed by atoms with Crippen molar-refractivity contribution in [3.8, 4) is 0 Å². The lowest BCUT2D eigenvalue weighted by Crippen LogP contribution is -2.31. The third-order valence-electron chi connectivity index (χ3n) is 6.37. The van der Waals surface area contributed by atoms with E-state index >= 15 is 0 Å². The number of hydrogen-bond donors (Lipinski definition) is 4. The molecule has 0 bridgehead atoms. The number of nitrogens with one attached hydrogen (secondary N) is 3. The Balaban J connectivity index is 1.32. The first-order valence-corrected chi connectivity index (χ1v) is 14.0. The van der Waals surface area contributed by atoms with Crippen LogP contribution in [0.2, 0.25) is 0 Å². The number of nitrogens with two attached hydrogens (primary N) is 1. The van der Waals surface area contributed by atoms with Gasteiger partial charge < -0.3 is 36.1 Å². The van der Waals surface area contributed by atoms with E-state index in [1.807, 2.05) is 30.3 Å². The standard InChI is InChI=1S/C29H40N8O3/c30-14-19-39-21-22-40-20-16-31-26(38)24-9-11-25(12-10-24)33-28-34-27(32-15-13-23-7-3-1-4-8-23)35-29(36-28)37-17-5-2-6-18-37/h1,3-4,7-12H,2,5-6,13-22,30H2,(H,31,38)(H2,32,33,34,35,36). The zero-order valence-electron chi connectivity index (χ0n) is 23.0. The van der Waals surface area contributed by atoms with Crippen molar-refractivity contribution < 1.29 is 14.3 Å². The molecular weight excluding hydrogens is 508 g/mol. The summed E-state index contributed by atoms with van der Waals surface area (Å²) in [6.07, 6.45) is 4.35. The zero-order chi connectivity index (χ0) is 27.8. The molecule has 214 valence electrons. The summed E-state index contributed by atoms with van der Waals surface area (Å²) in [7, 11) is 0. The van der Waals surface area contributed by atoms with Gasteiger partial charge in [0.1, 0.15) is 0 Å². The van der Waals surface area contributed by atoms with E-state index in [4.69, 9.17) is 25.2 Å². The molecule has 1 aliphatic rings. The Kier molecular flexibility index (Phi) is 11.9. The van der Waals surface area contributed by atoms with Crippen LogP contribution in [0.3, 0.4) is 0 Å². The van der Waals surface area contributed by atoms with Crippen LogP contribution in [0.1, 0.15) is 35.2 Å². The first-order chi connectivity index (χ1) is 19.7. The van der Waals surface area contributed by atoms with Crippen LogP contribution in [0.25, 0.3) is 0 Å². The van der Waals surface area contributed by atoms with Crippen molar-refractivity contribution in [3.05, 3.63) is 65.7 Å². The second kappa shape index (κ2) is 16.3. The summed E-state index contributed by atoms with van der Waals surface area (Å²) in [4.78, 5) is 28.7. The Morgan fingerprint density at radius 1 is 0.825 bits per heavy atom. The number of ether oxygens (including phenoxy) is 2. The van der Waals surface area contributed by atoms with Crippen molar-refractivity contribution in [1.29, 1.82) is 0 Å². The fraction of sp³-hybridized carbons (Fsp3) is 0.448. The molecule has 40 heavy (non-hydrogen) atoms. The molecule has 5 N–H and O–H groups in total. The van der Waals surface area contributed by atoms with Crippen LogP contribution in [-0.2, 0) is 15.9 Å². The van der Waals surface area contributed by atoms with E-state index < -0.39 is 0 Å². The van der Waals surface area contributed by atoms with Gasteiger partial charge >= 0.3 is 0 Å². The van der Waals surface area contributed by atoms with Crippen LogP contribution in [-0.4, -0.2) is 80.0 Å². The van der Waals surface area contributed by atoms with Gasteiger partial charge in [0.2, 0.25) is 17.8 Å². The zero-order valence-corrected chi connectivity index (χ0v) is 23.0. The Labute approximate surface area is 235 Å². The molecule has 2 aromatic carbocycles. The molecule has 0 atom stereocenters. The molecule has 0 unspecified atom stereocenters. The Morgan fingerprint density at radius 2 is 1.55 bits per heavy atom. The fourth-order valence-electron chi connectivity index (χ4n) is 4.28. The van der Waals surface area contributed by atoms with Crippen molar-refractivity contribution in [3.63, 3.8) is 0 Å². The number of amides is 1. The smallest absolute Gasteiger partial charge is 0.251 e. The van der Waals surface area contributed by atoms with Crippen molar-refractivity contribution in [2.75, 3.05) is 74.7 Å². The van der Waals surface area contributed by atoms with E-state index in [2.05, 4.69) is 38.0 Å². The van der Waals surface area contributed by atoms with Crippen LogP contribution in [0.4, 0.5) is 23.5 Å². The molecule has 2 heterocycles. The summed E-state index contributed by atoms with van der Waals surface area (Å²) >= 11 is 0. The number of anilines is 4. The number of carbonyl (C=O) groups is 1. The van der Waals surface area contributed by atoms with Gasteiger partial charge in [-0.15, -0.1) is 0 Å². The maximum atomic E-state index is 12.5. The van der Waals surface area contributed by atoms with Gasteiger partial charge in [-0.3, -0.25) is 4.79 Å². The van der Waals surface area contributed by atoms with Crippen molar-refractivity contribution in [2.24, 2.45) is 5.73 Å². The van der Waals surface area contributed by atoms with Gasteiger partial charge in [0.05, 0.1) is 26.4 Å². The fourth-order valence-corrected chi connectivity index (χ4v) is 4.28. The molecule has 0 saturated carbocycles. The molecule has 11 nitrogen and oxygen atoms in total. The number of piperidine rings is 1. The lowest BCUT2D eigenvalue weighted by Gasteiger charge is -2.27. The highest BCUT2D eigenvalue weighted by Gasteiger charge is 2.16. The van der Waals surface area contributed by atoms with Crippen LogP contribution >= 0.6 is 0 Å². The molecule has 11 heteroatoms. The van der Waals surface area contributed by atoms with Gasteiger partial charge in [-0.25, -0.2) is 0 Å². The molecule has 1 amide bonds. The second-order valence-corrected chi connectivity index (χ2v) is 9.46. The first kappa shape index (κ1) is 29.2. The van der Waals surface area contributed by atoms with E-state index in [0.717, 1.165) is 38.0 Å². The van der Waals surface area contributed by atoms with E-state index in [1.54, 1.807) is 12.1 Å². The molecule has 0 spiro atoms. The topological polar surface area (TPSA) is 140 Å². The lowest BCUT2D eigenvalue weighted by atomic mass is 10.1. The average Bonchev–Trinajstić information content (AvgIpc) is 3.00. The van der Waals surface area contributed by atoms with Crippen molar-refractivity contribution >= 4 is 29.4 Å². The summed E-state index contributed by atoms with van der Waals surface area (Å²) in [6.45, 7) is 5.38. The number of carbonyl (C=O) groups excluding carboxylic acids is 1. The van der Waals surface area contributed by atoms with E-state index in [9.17, 15) is 4.79 Å². The van der Waals surface area contributed by atoms with Gasteiger partial charge in [-0.2, -0.15) is 15.0 Å². The quantitative estimate of drug-likeness (QED) is 0.198. The van der Waals surface area contributed by atoms with Crippen LogP contribution < -0.4 is 26.6 Å². The predicted molar refractivity (Wildman–Crippen MR) is 157 cm³/mol. The molecule has 1 fully saturated rings. The molecule has 3 aromatic rings. The predicted octanol–water partition coefficient (Wildman–Crippen LogP) is 2.98. The highest BCUT2D eigenvalue weighted by Crippen LogP contribution is 2.21. The third kappa shape index (κ3) is 9.74. The molecule has 1 saturated heterocycles. The molecule has 1 aliphatic heterocycles. The average molecular weight is 549 g/mol. The third-order valence-corrected chi connectivity index (χ3v) is 6.37. The summed E-state index contributed by atoms with van der Waals surface area (Å²) in [5, 5.41) is 9.50.